The first-order valence-electron chi connectivity index (χ1n) is 4.80. The highest BCUT2D eigenvalue weighted by atomic mass is 19.4. The zero-order valence-electron chi connectivity index (χ0n) is 8.77. The van der Waals surface area contributed by atoms with Crippen molar-refractivity contribution in [2.24, 2.45) is 0 Å². The smallest absolute Gasteiger partial charge is 0.385 e. The van der Waals surface area contributed by atoms with E-state index in [1.165, 1.54) is 6.92 Å². The standard InChI is InChI=1S/C11H12F3NO/c1-8(16)9-2-4-10(5-3-9)15-7-6-11(12,13)14/h2-5,15H,6-7H2,1H3. The van der Waals surface area contributed by atoms with Crippen LogP contribution in [0.2, 0.25) is 0 Å². The number of anilines is 1. The summed E-state index contributed by atoms with van der Waals surface area (Å²) in [5.41, 5.74) is 1.12. The van der Waals surface area contributed by atoms with Gasteiger partial charge in [-0.2, -0.15) is 13.2 Å². The van der Waals surface area contributed by atoms with Crippen LogP contribution < -0.4 is 5.32 Å². The van der Waals surface area contributed by atoms with Crippen LogP contribution >= 0.6 is 0 Å². The van der Waals surface area contributed by atoms with E-state index in [-0.39, 0.29) is 12.3 Å². The molecule has 16 heavy (non-hydrogen) atoms. The number of Topliss-reactive ketones (excluding diaryl/α,β-unsaturated/α-hetero) is 1. The molecule has 0 aromatic heterocycles. The summed E-state index contributed by atoms with van der Waals surface area (Å²) in [7, 11) is 0. The Balaban J connectivity index is 2.47. The van der Waals surface area contributed by atoms with E-state index in [0.717, 1.165) is 0 Å². The van der Waals surface area contributed by atoms with E-state index < -0.39 is 12.6 Å². The lowest BCUT2D eigenvalue weighted by atomic mass is 10.1. The van der Waals surface area contributed by atoms with Crippen molar-refractivity contribution in [1.29, 1.82) is 0 Å². The van der Waals surface area contributed by atoms with E-state index in [4.69, 9.17) is 0 Å². The molecule has 0 radical (unpaired) electrons. The number of alkyl halides is 3. The number of halogens is 3. The minimum atomic E-state index is -4.15. The average molecular weight is 231 g/mol. The van der Waals surface area contributed by atoms with Crippen molar-refractivity contribution in [3.63, 3.8) is 0 Å². The van der Waals surface area contributed by atoms with Gasteiger partial charge in [0, 0.05) is 17.8 Å². The fourth-order valence-electron chi connectivity index (χ4n) is 1.17. The molecule has 0 unspecified atom stereocenters. The fourth-order valence-corrected chi connectivity index (χ4v) is 1.17. The summed E-state index contributed by atoms with van der Waals surface area (Å²) in [5.74, 6) is -0.0677. The van der Waals surface area contributed by atoms with Gasteiger partial charge in [-0.25, -0.2) is 0 Å². The van der Waals surface area contributed by atoms with Gasteiger partial charge in [0.15, 0.2) is 5.78 Å². The Bertz CT molecular complexity index is 356. The van der Waals surface area contributed by atoms with Crippen LogP contribution in [-0.2, 0) is 0 Å². The summed E-state index contributed by atoms with van der Waals surface area (Å²) >= 11 is 0. The maximum atomic E-state index is 11.8. The molecule has 1 N–H and O–H groups in total. The van der Waals surface area contributed by atoms with Crippen molar-refractivity contribution in [3.05, 3.63) is 29.8 Å². The topological polar surface area (TPSA) is 29.1 Å². The Labute approximate surface area is 91.5 Å². The molecule has 0 bridgehead atoms. The first-order valence-corrected chi connectivity index (χ1v) is 4.80. The molecule has 0 spiro atoms. The number of ketones is 1. The Hall–Kier alpha value is -1.52. The summed E-state index contributed by atoms with van der Waals surface area (Å²) in [4.78, 5) is 10.9. The molecule has 1 aromatic rings. The quantitative estimate of drug-likeness (QED) is 0.806. The molecule has 0 fully saturated rings. The minimum absolute atomic E-state index is 0.0677. The molecule has 1 aromatic carbocycles. The molecule has 0 heterocycles. The number of carbonyl (C=O) groups is 1. The normalized spacial score (nSPS) is 11.2. The predicted octanol–water partition coefficient (Wildman–Crippen LogP) is 3.25. The van der Waals surface area contributed by atoms with Gasteiger partial charge < -0.3 is 5.32 Å². The van der Waals surface area contributed by atoms with Crippen LogP contribution in [0.25, 0.3) is 0 Å². The predicted molar refractivity (Wildman–Crippen MR) is 55.6 cm³/mol. The summed E-state index contributed by atoms with van der Waals surface area (Å²) in [6, 6.07) is 6.34. The van der Waals surface area contributed by atoms with Crippen molar-refractivity contribution < 1.29 is 18.0 Å². The van der Waals surface area contributed by atoms with Gasteiger partial charge in [0.1, 0.15) is 0 Å². The summed E-state index contributed by atoms with van der Waals surface area (Å²) in [6.07, 6.45) is -5.02. The molecule has 0 saturated heterocycles. The number of hydrogen-bond acceptors (Lipinski definition) is 2. The largest absolute Gasteiger partial charge is 0.390 e. The lowest BCUT2D eigenvalue weighted by Crippen LogP contribution is -2.14. The van der Waals surface area contributed by atoms with Crippen LogP contribution in [0.5, 0.6) is 0 Å². The van der Waals surface area contributed by atoms with Crippen LogP contribution in [0.1, 0.15) is 23.7 Å². The van der Waals surface area contributed by atoms with Gasteiger partial charge in [-0.15, -0.1) is 0 Å². The molecule has 0 aliphatic rings. The SMILES string of the molecule is CC(=O)c1ccc(NCCC(F)(F)F)cc1. The highest BCUT2D eigenvalue weighted by Gasteiger charge is 2.25. The van der Waals surface area contributed by atoms with Gasteiger partial charge in [0.25, 0.3) is 0 Å². The lowest BCUT2D eigenvalue weighted by Gasteiger charge is -2.08. The van der Waals surface area contributed by atoms with Crippen molar-refractivity contribution >= 4 is 11.5 Å². The second-order valence-corrected chi connectivity index (χ2v) is 3.43. The van der Waals surface area contributed by atoms with Crippen LogP contribution in [0, 0.1) is 0 Å². The molecule has 1 rings (SSSR count). The second-order valence-electron chi connectivity index (χ2n) is 3.43. The van der Waals surface area contributed by atoms with Gasteiger partial charge in [0.2, 0.25) is 0 Å². The molecule has 88 valence electrons. The lowest BCUT2D eigenvalue weighted by molar-refractivity contribution is -0.131. The van der Waals surface area contributed by atoms with Gasteiger partial charge in [-0.3, -0.25) is 4.79 Å². The van der Waals surface area contributed by atoms with Crippen LogP contribution in [0.4, 0.5) is 18.9 Å². The summed E-state index contributed by atoms with van der Waals surface area (Å²) < 4.78 is 35.5. The maximum Gasteiger partial charge on any atom is 0.390 e. The fraction of sp³-hybridized carbons (Fsp3) is 0.364. The Kier molecular flexibility index (Phi) is 3.93. The molecule has 2 nitrogen and oxygen atoms in total. The third kappa shape index (κ3) is 4.33. The van der Waals surface area contributed by atoms with Gasteiger partial charge >= 0.3 is 6.18 Å². The van der Waals surface area contributed by atoms with Gasteiger partial charge in [-0.05, 0) is 31.2 Å². The highest BCUT2D eigenvalue weighted by molar-refractivity contribution is 5.94. The Morgan fingerprint density at radius 3 is 2.25 bits per heavy atom. The first kappa shape index (κ1) is 12.5. The zero-order valence-corrected chi connectivity index (χ0v) is 8.77. The monoisotopic (exact) mass is 231 g/mol. The van der Waals surface area contributed by atoms with Gasteiger partial charge in [0.05, 0.1) is 6.42 Å². The number of hydrogen-bond donors (Lipinski definition) is 1. The molecule has 5 heteroatoms. The molecular weight excluding hydrogens is 219 g/mol. The number of nitrogens with one attached hydrogen (secondary N) is 1. The number of benzene rings is 1. The van der Waals surface area contributed by atoms with E-state index in [2.05, 4.69) is 5.32 Å². The highest BCUT2D eigenvalue weighted by Crippen LogP contribution is 2.19. The third-order valence-corrected chi connectivity index (χ3v) is 2.03. The van der Waals surface area contributed by atoms with Crippen molar-refractivity contribution in [2.75, 3.05) is 11.9 Å². The van der Waals surface area contributed by atoms with E-state index in [0.29, 0.717) is 11.3 Å². The molecule has 0 atom stereocenters. The van der Waals surface area contributed by atoms with Crippen LogP contribution in [-0.4, -0.2) is 18.5 Å². The van der Waals surface area contributed by atoms with Crippen molar-refractivity contribution in [1.82, 2.24) is 0 Å². The molecule has 0 amide bonds. The number of carbonyl (C=O) groups excluding carboxylic acids is 1. The second kappa shape index (κ2) is 5.01. The molecule has 0 aliphatic heterocycles. The van der Waals surface area contributed by atoms with Gasteiger partial charge in [-0.1, -0.05) is 0 Å². The van der Waals surface area contributed by atoms with E-state index >= 15 is 0 Å². The van der Waals surface area contributed by atoms with Crippen LogP contribution in [0.15, 0.2) is 24.3 Å². The Morgan fingerprint density at radius 1 is 1.25 bits per heavy atom. The third-order valence-electron chi connectivity index (χ3n) is 2.03. The van der Waals surface area contributed by atoms with E-state index in [1.807, 2.05) is 0 Å². The minimum Gasteiger partial charge on any atom is -0.385 e. The van der Waals surface area contributed by atoms with Crippen LogP contribution in [0.3, 0.4) is 0 Å². The van der Waals surface area contributed by atoms with E-state index in [9.17, 15) is 18.0 Å². The summed E-state index contributed by atoms with van der Waals surface area (Å²) in [5, 5.41) is 2.64. The molecule has 0 aliphatic carbocycles. The van der Waals surface area contributed by atoms with E-state index in [1.54, 1.807) is 24.3 Å². The molecule has 0 saturated carbocycles. The average Bonchev–Trinajstić information content (AvgIpc) is 2.16. The van der Waals surface area contributed by atoms with Crippen molar-refractivity contribution in [2.45, 2.75) is 19.5 Å². The number of rotatable bonds is 4. The Morgan fingerprint density at radius 2 is 1.81 bits per heavy atom. The zero-order chi connectivity index (χ0) is 12.2. The maximum absolute atomic E-state index is 11.8. The summed E-state index contributed by atoms with van der Waals surface area (Å²) in [6.45, 7) is 1.27. The molecular formula is C11H12F3NO. The first-order chi connectivity index (χ1) is 7.38. The van der Waals surface area contributed by atoms with Crippen molar-refractivity contribution in [3.8, 4) is 0 Å².